The Morgan fingerprint density at radius 2 is 1.58 bits per heavy atom. The van der Waals surface area contributed by atoms with Crippen molar-refractivity contribution in [3.63, 3.8) is 0 Å². The molecular weight excluding hydrogens is 498 g/mol. The molecule has 0 aliphatic rings. The fourth-order valence-electron chi connectivity index (χ4n) is 4.32. The molecule has 0 aromatic heterocycles. The first kappa shape index (κ1) is 28.9. The number of hydrogen-bond acceptors (Lipinski definition) is 4. The normalized spacial score (nSPS) is 12.0. The van der Waals surface area contributed by atoms with Gasteiger partial charge >= 0.3 is 0 Å². The van der Waals surface area contributed by atoms with Crippen LogP contribution in [0.1, 0.15) is 43.0 Å². The lowest BCUT2D eigenvalue weighted by molar-refractivity contribution is -0.139. The molecule has 1 atom stereocenters. The maximum Gasteiger partial charge on any atom is 0.264 e. The van der Waals surface area contributed by atoms with E-state index in [0.29, 0.717) is 18.7 Å². The van der Waals surface area contributed by atoms with Crippen LogP contribution in [-0.4, -0.2) is 44.3 Å². The quantitative estimate of drug-likeness (QED) is 0.388. The van der Waals surface area contributed by atoms with Crippen molar-refractivity contribution >= 4 is 27.5 Å². The molecule has 0 heterocycles. The van der Waals surface area contributed by atoms with Gasteiger partial charge in [-0.15, -0.1) is 0 Å². The molecule has 0 unspecified atom stereocenters. The van der Waals surface area contributed by atoms with Crippen molar-refractivity contribution in [3.05, 3.63) is 95.1 Å². The molecular formula is C30H37N3O4S. The molecule has 0 aliphatic carbocycles. The first-order valence-electron chi connectivity index (χ1n) is 12.9. The highest BCUT2D eigenvalue weighted by atomic mass is 32.2. The molecule has 3 aromatic carbocycles. The SMILES string of the molecule is CCNC(=O)[C@H](C)N(Cc1cccc(C)c1)C(=O)CN(c1ccccc1CC)S(=O)(=O)c1ccc(C)cc1. The fraction of sp³-hybridized carbons (Fsp3) is 0.333. The van der Waals surface area contributed by atoms with Crippen molar-refractivity contribution in [2.75, 3.05) is 17.4 Å². The predicted molar refractivity (Wildman–Crippen MR) is 151 cm³/mol. The molecule has 3 rings (SSSR count). The lowest BCUT2D eigenvalue weighted by atomic mass is 10.1. The average Bonchev–Trinajstić information content (AvgIpc) is 2.90. The van der Waals surface area contributed by atoms with E-state index in [2.05, 4.69) is 5.32 Å². The number of rotatable bonds is 11. The van der Waals surface area contributed by atoms with Gasteiger partial charge in [-0.25, -0.2) is 8.42 Å². The number of benzene rings is 3. The number of aryl methyl sites for hydroxylation is 3. The summed E-state index contributed by atoms with van der Waals surface area (Å²) in [5.41, 5.74) is 4.07. The molecule has 0 radical (unpaired) electrons. The molecule has 0 aliphatic heterocycles. The fourth-order valence-corrected chi connectivity index (χ4v) is 5.77. The van der Waals surface area contributed by atoms with E-state index < -0.39 is 28.5 Å². The minimum Gasteiger partial charge on any atom is -0.355 e. The summed E-state index contributed by atoms with van der Waals surface area (Å²) in [4.78, 5) is 28.3. The molecule has 7 nitrogen and oxygen atoms in total. The summed E-state index contributed by atoms with van der Waals surface area (Å²) < 4.78 is 29.1. The Bertz CT molecular complexity index is 1370. The summed E-state index contributed by atoms with van der Waals surface area (Å²) in [5.74, 6) is -0.762. The van der Waals surface area contributed by atoms with Crippen molar-refractivity contribution in [1.82, 2.24) is 10.2 Å². The summed E-state index contributed by atoms with van der Waals surface area (Å²) in [5, 5.41) is 2.78. The Balaban J connectivity index is 2.07. The van der Waals surface area contributed by atoms with Crippen LogP contribution in [0.4, 0.5) is 5.69 Å². The van der Waals surface area contributed by atoms with Gasteiger partial charge in [-0.2, -0.15) is 0 Å². The second-order valence-electron chi connectivity index (χ2n) is 9.39. The van der Waals surface area contributed by atoms with Gasteiger partial charge in [0.15, 0.2) is 0 Å². The number of anilines is 1. The number of para-hydroxylation sites is 1. The van der Waals surface area contributed by atoms with E-state index in [-0.39, 0.29) is 17.3 Å². The highest BCUT2D eigenvalue weighted by Crippen LogP contribution is 2.28. The number of amides is 2. The molecule has 0 fully saturated rings. The highest BCUT2D eigenvalue weighted by Gasteiger charge is 2.33. The van der Waals surface area contributed by atoms with E-state index in [9.17, 15) is 18.0 Å². The summed E-state index contributed by atoms with van der Waals surface area (Å²) in [6.07, 6.45) is 0.590. The van der Waals surface area contributed by atoms with Crippen molar-refractivity contribution in [2.24, 2.45) is 0 Å². The van der Waals surface area contributed by atoms with Crippen LogP contribution in [0, 0.1) is 13.8 Å². The smallest absolute Gasteiger partial charge is 0.264 e. The molecule has 38 heavy (non-hydrogen) atoms. The third-order valence-corrected chi connectivity index (χ3v) is 8.26. The van der Waals surface area contributed by atoms with Gasteiger partial charge in [0, 0.05) is 13.1 Å². The largest absolute Gasteiger partial charge is 0.355 e. The number of carbonyl (C=O) groups is 2. The van der Waals surface area contributed by atoms with E-state index in [1.165, 1.54) is 9.21 Å². The maximum absolute atomic E-state index is 14.0. The lowest BCUT2D eigenvalue weighted by Crippen LogP contribution is -2.51. The van der Waals surface area contributed by atoms with Gasteiger partial charge in [0.1, 0.15) is 12.6 Å². The predicted octanol–water partition coefficient (Wildman–Crippen LogP) is 4.61. The Morgan fingerprint density at radius 1 is 0.895 bits per heavy atom. The van der Waals surface area contributed by atoms with Crippen molar-refractivity contribution < 1.29 is 18.0 Å². The number of sulfonamides is 1. The zero-order chi connectivity index (χ0) is 27.9. The highest BCUT2D eigenvalue weighted by molar-refractivity contribution is 7.92. The van der Waals surface area contributed by atoms with E-state index in [1.54, 1.807) is 43.3 Å². The third-order valence-electron chi connectivity index (χ3n) is 6.48. The monoisotopic (exact) mass is 535 g/mol. The second-order valence-corrected chi connectivity index (χ2v) is 11.3. The molecule has 0 bridgehead atoms. The van der Waals surface area contributed by atoms with E-state index in [0.717, 1.165) is 22.3 Å². The topological polar surface area (TPSA) is 86.8 Å². The van der Waals surface area contributed by atoms with Gasteiger partial charge < -0.3 is 10.2 Å². The standard InChI is InChI=1S/C30H37N3O4S/c1-6-26-13-8-9-14-28(26)33(38(36,37)27-17-15-22(3)16-18-27)21-29(34)32(24(5)30(35)31-7-2)20-25-12-10-11-23(4)19-25/h8-19,24H,6-7,20-21H2,1-5H3,(H,31,35)/t24-/m0/s1. The molecule has 0 saturated carbocycles. The Hall–Kier alpha value is -3.65. The summed E-state index contributed by atoms with van der Waals surface area (Å²) >= 11 is 0. The molecule has 0 saturated heterocycles. The molecule has 202 valence electrons. The van der Waals surface area contributed by atoms with Gasteiger partial charge in [-0.1, -0.05) is 72.6 Å². The Labute approximate surface area is 226 Å². The first-order valence-corrected chi connectivity index (χ1v) is 14.3. The van der Waals surface area contributed by atoms with Gasteiger partial charge in [-0.05, 0) is 63.4 Å². The van der Waals surface area contributed by atoms with Crippen LogP contribution in [0.5, 0.6) is 0 Å². The van der Waals surface area contributed by atoms with Crippen molar-refractivity contribution in [1.29, 1.82) is 0 Å². The van der Waals surface area contributed by atoms with Crippen LogP contribution in [0.25, 0.3) is 0 Å². The van der Waals surface area contributed by atoms with Crippen LogP contribution >= 0.6 is 0 Å². The van der Waals surface area contributed by atoms with Gasteiger partial charge in [0.2, 0.25) is 11.8 Å². The maximum atomic E-state index is 14.0. The lowest BCUT2D eigenvalue weighted by Gasteiger charge is -2.32. The first-order chi connectivity index (χ1) is 18.1. The minimum atomic E-state index is -4.08. The van der Waals surface area contributed by atoms with Crippen LogP contribution in [0.15, 0.2) is 77.7 Å². The van der Waals surface area contributed by atoms with E-state index in [4.69, 9.17) is 0 Å². The van der Waals surface area contributed by atoms with Gasteiger partial charge in [-0.3, -0.25) is 13.9 Å². The molecule has 8 heteroatoms. The van der Waals surface area contributed by atoms with Crippen molar-refractivity contribution in [3.8, 4) is 0 Å². The van der Waals surface area contributed by atoms with Crippen molar-refractivity contribution in [2.45, 2.75) is 58.5 Å². The van der Waals surface area contributed by atoms with E-state index in [1.807, 2.05) is 64.1 Å². The third kappa shape index (κ3) is 6.81. The second kappa shape index (κ2) is 12.7. The number of nitrogens with zero attached hydrogens (tertiary/aromatic N) is 2. The number of hydrogen-bond donors (Lipinski definition) is 1. The minimum absolute atomic E-state index is 0.101. The van der Waals surface area contributed by atoms with Gasteiger partial charge in [0.25, 0.3) is 10.0 Å². The average molecular weight is 536 g/mol. The Kier molecular flexibility index (Phi) is 9.69. The van der Waals surface area contributed by atoms with Crippen LogP contribution in [0.2, 0.25) is 0 Å². The summed E-state index contributed by atoms with van der Waals surface area (Å²) in [6.45, 7) is 9.42. The molecule has 2 amide bonds. The number of likely N-dealkylation sites (N-methyl/N-ethyl adjacent to an activating group) is 1. The zero-order valence-electron chi connectivity index (χ0n) is 22.8. The van der Waals surface area contributed by atoms with E-state index >= 15 is 0 Å². The van der Waals surface area contributed by atoms with Crippen LogP contribution in [-0.2, 0) is 32.6 Å². The summed E-state index contributed by atoms with van der Waals surface area (Å²) in [7, 11) is -4.08. The Morgan fingerprint density at radius 3 is 2.21 bits per heavy atom. The van der Waals surface area contributed by atoms with Crippen LogP contribution in [0.3, 0.4) is 0 Å². The van der Waals surface area contributed by atoms with Crippen LogP contribution < -0.4 is 9.62 Å². The van der Waals surface area contributed by atoms with Gasteiger partial charge in [0.05, 0.1) is 10.6 Å². The molecule has 3 aromatic rings. The summed E-state index contributed by atoms with van der Waals surface area (Å²) in [6, 6.07) is 20.7. The molecule has 0 spiro atoms. The number of carbonyl (C=O) groups excluding carboxylic acids is 2. The molecule has 1 N–H and O–H groups in total. The zero-order valence-corrected chi connectivity index (χ0v) is 23.6. The number of nitrogens with one attached hydrogen (secondary N) is 1.